The quantitative estimate of drug-likeness (QED) is 0.184. The van der Waals surface area contributed by atoms with Gasteiger partial charge in [0.1, 0.15) is 0 Å². The summed E-state index contributed by atoms with van der Waals surface area (Å²) in [7, 11) is 0. The van der Waals surface area contributed by atoms with Crippen LogP contribution in [0.5, 0.6) is 0 Å². The fourth-order valence-electron chi connectivity index (χ4n) is 3.79. The largest absolute Gasteiger partial charge is 0.327 e. The summed E-state index contributed by atoms with van der Waals surface area (Å²) in [5.41, 5.74) is 2.58. The molecular weight excluding hydrogens is 360 g/mol. The van der Waals surface area contributed by atoms with E-state index in [1.54, 1.807) is 0 Å². The zero-order chi connectivity index (χ0) is 21.4. The van der Waals surface area contributed by atoms with Crippen molar-refractivity contribution in [2.75, 3.05) is 19.8 Å². The molecule has 168 valence electrons. The zero-order valence-electron chi connectivity index (χ0n) is 19.8. The standard InChI is InChI=1S/C26H46O3/c1-6-10-11-12-13-14-19-25(24-18-16-15-17-23(24)5)26(27-20-7-2,28-21-8-3)29-22-9-4/h15-18,25H,6-14,19-22H2,1-5H3. The van der Waals surface area contributed by atoms with Crippen LogP contribution in [0.1, 0.15) is 109 Å². The molecule has 0 bridgehead atoms. The molecule has 0 radical (unpaired) electrons. The van der Waals surface area contributed by atoms with Gasteiger partial charge in [-0.15, -0.1) is 0 Å². The van der Waals surface area contributed by atoms with Gasteiger partial charge in [-0.3, -0.25) is 0 Å². The second-order valence-electron chi connectivity index (χ2n) is 8.11. The SMILES string of the molecule is CCCCCCCCC(c1ccccc1C)C(OCCC)(OCCC)OCCC. The van der Waals surface area contributed by atoms with Gasteiger partial charge < -0.3 is 14.2 Å². The molecule has 0 aliphatic rings. The first kappa shape index (κ1) is 26.1. The second-order valence-corrected chi connectivity index (χ2v) is 8.11. The minimum Gasteiger partial charge on any atom is -0.327 e. The van der Waals surface area contributed by atoms with Crippen molar-refractivity contribution in [2.24, 2.45) is 0 Å². The third-order valence-electron chi connectivity index (χ3n) is 5.36. The maximum absolute atomic E-state index is 6.41. The number of rotatable bonds is 18. The average Bonchev–Trinajstić information content (AvgIpc) is 2.74. The van der Waals surface area contributed by atoms with Crippen molar-refractivity contribution in [1.29, 1.82) is 0 Å². The molecule has 0 fully saturated rings. The summed E-state index contributed by atoms with van der Waals surface area (Å²) in [5.74, 6) is -0.906. The van der Waals surface area contributed by atoms with Gasteiger partial charge in [0, 0.05) is 0 Å². The first-order valence-electron chi connectivity index (χ1n) is 12.1. The van der Waals surface area contributed by atoms with Gasteiger partial charge in [-0.05, 0) is 43.7 Å². The molecule has 0 aromatic heterocycles. The van der Waals surface area contributed by atoms with E-state index in [1.807, 2.05) is 0 Å². The van der Waals surface area contributed by atoms with E-state index in [4.69, 9.17) is 14.2 Å². The van der Waals surface area contributed by atoms with Crippen molar-refractivity contribution in [3.05, 3.63) is 35.4 Å². The van der Waals surface area contributed by atoms with E-state index in [9.17, 15) is 0 Å². The molecule has 1 rings (SSSR count). The Labute approximate surface area is 180 Å². The highest BCUT2D eigenvalue weighted by atomic mass is 16.9. The molecule has 0 N–H and O–H groups in total. The van der Waals surface area contributed by atoms with Crippen molar-refractivity contribution in [2.45, 2.75) is 111 Å². The molecule has 1 unspecified atom stereocenters. The molecule has 0 aliphatic heterocycles. The monoisotopic (exact) mass is 406 g/mol. The number of benzene rings is 1. The predicted octanol–water partition coefficient (Wildman–Crippen LogP) is 7.76. The Balaban J connectivity index is 3.12. The Bertz CT molecular complexity index is 493. The Hall–Kier alpha value is -0.900. The molecule has 3 heteroatoms. The van der Waals surface area contributed by atoms with E-state index >= 15 is 0 Å². The Morgan fingerprint density at radius 3 is 1.72 bits per heavy atom. The summed E-state index contributed by atoms with van der Waals surface area (Å²) >= 11 is 0. The molecule has 0 heterocycles. The number of ether oxygens (including phenoxy) is 3. The van der Waals surface area contributed by atoms with Gasteiger partial charge >= 0.3 is 0 Å². The molecule has 0 saturated heterocycles. The first-order valence-corrected chi connectivity index (χ1v) is 12.1. The van der Waals surface area contributed by atoms with E-state index in [0.717, 1.165) is 25.7 Å². The van der Waals surface area contributed by atoms with Crippen LogP contribution in [-0.4, -0.2) is 25.8 Å². The van der Waals surface area contributed by atoms with Crippen LogP contribution in [0.4, 0.5) is 0 Å². The van der Waals surface area contributed by atoms with Crippen LogP contribution in [0.25, 0.3) is 0 Å². The minimum absolute atomic E-state index is 0.0829. The van der Waals surface area contributed by atoms with E-state index in [2.05, 4.69) is 58.9 Å². The van der Waals surface area contributed by atoms with Gasteiger partial charge in [-0.25, -0.2) is 0 Å². The fourth-order valence-corrected chi connectivity index (χ4v) is 3.79. The Morgan fingerprint density at radius 1 is 0.690 bits per heavy atom. The van der Waals surface area contributed by atoms with Crippen molar-refractivity contribution >= 4 is 0 Å². The molecular formula is C26H46O3. The topological polar surface area (TPSA) is 27.7 Å². The Kier molecular flexibility index (Phi) is 14.3. The summed E-state index contributed by atoms with van der Waals surface area (Å²) in [6, 6.07) is 8.65. The average molecular weight is 407 g/mol. The van der Waals surface area contributed by atoms with Gasteiger partial charge in [0.2, 0.25) is 0 Å². The van der Waals surface area contributed by atoms with Gasteiger partial charge in [0.05, 0.1) is 25.7 Å². The number of hydrogen-bond acceptors (Lipinski definition) is 3. The van der Waals surface area contributed by atoms with Crippen LogP contribution in [0.2, 0.25) is 0 Å². The maximum atomic E-state index is 6.41. The lowest BCUT2D eigenvalue weighted by atomic mass is 9.87. The highest BCUT2D eigenvalue weighted by Crippen LogP contribution is 2.40. The molecule has 1 aromatic carbocycles. The highest BCUT2D eigenvalue weighted by molar-refractivity contribution is 5.30. The van der Waals surface area contributed by atoms with Crippen LogP contribution in [0.15, 0.2) is 24.3 Å². The lowest BCUT2D eigenvalue weighted by Gasteiger charge is -2.40. The molecule has 0 amide bonds. The van der Waals surface area contributed by atoms with Gasteiger partial charge in [0.15, 0.2) is 0 Å². The highest BCUT2D eigenvalue weighted by Gasteiger charge is 2.43. The molecule has 3 nitrogen and oxygen atoms in total. The van der Waals surface area contributed by atoms with E-state index < -0.39 is 5.97 Å². The summed E-state index contributed by atoms with van der Waals surface area (Å²) < 4.78 is 19.2. The first-order chi connectivity index (χ1) is 14.1. The van der Waals surface area contributed by atoms with Gasteiger partial charge in [-0.1, -0.05) is 90.5 Å². The lowest BCUT2D eigenvalue weighted by Crippen LogP contribution is -2.46. The summed E-state index contributed by atoms with van der Waals surface area (Å²) in [5, 5.41) is 0. The van der Waals surface area contributed by atoms with Crippen molar-refractivity contribution in [1.82, 2.24) is 0 Å². The van der Waals surface area contributed by atoms with E-state index in [0.29, 0.717) is 19.8 Å². The molecule has 1 aromatic rings. The summed E-state index contributed by atoms with van der Waals surface area (Å²) in [4.78, 5) is 0. The Morgan fingerprint density at radius 2 is 1.21 bits per heavy atom. The smallest absolute Gasteiger partial charge is 0.290 e. The molecule has 0 aliphatic carbocycles. The molecule has 1 atom stereocenters. The minimum atomic E-state index is -0.989. The normalized spacial score (nSPS) is 13.0. The molecule has 0 saturated carbocycles. The third-order valence-corrected chi connectivity index (χ3v) is 5.36. The number of hydrogen-bond donors (Lipinski definition) is 0. The van der Waals surface area contributed by atoms with Crippen LogP contribution in [0.3, 0.4) is 0 Å². The van der Waals surface area contributed by atoms with Crippen LogP contribution < -0.4 is 0 Å². The van der Waals surface area contributed by atoms with Crippen molar-refractivity contribution < 1.29 is 14.2 Å². The van der Waals surface area contributed by atoms with Gasteiger partial charge in [0.25, 0.3) is 5.97 Å². The van der Waals surface area contributed by atoms with Crippen molar-refractivity contribution in [3.8, 4) is 0 Å². The van der Waals surface area contributed by atoms with Crippen molar-refractivity contribution in [3.63, 3.8) is 0 Å². The maximum Gasteiger partial charge on any atom is 0.290 e. The number of unbranched alkanes of at least 4 members (excludes halogenated alkanes) is 5. The molecule has 29 heavy (non-hydrogen) atoms. The molecule has 0 spiro atoms. The van der Waals surface area contributed by atoms with E-state index in [1.165, 1.54) is 49.7 Å². The van der Waals surface area contributed by atoms with Crippen LogP contribution in [0, 0.1) is 6.92 Å². The van der Waals surface area contributed by atoms with E-state index in [-0.39, 0.29) is 5.92 Å². The lowest BCUT2D eigenvalue weighted by molar-refractivity contribution is -0.392. The zero-order valence-corrected chi connectivity index (χ0v) is 19.8. The summed E-state index contributed by atoms with van der Waals surface area (Å²) in [6.45, 7) is 12.8. The summed E-state index contributed by atoms with van der Waals surface area (Å²) in [6.07, 6.45) is 11.6. The third kappa shape index (κ3) is 9.19. The van der Waals surface area contributed by atoms with Crippen LogP contribution in [-0.2, 0) is 14.2 Å². The fraction of sp³-hybridized carbons (Fsp3) is 0.769. The predicted molar refractivity (Wildman–Crippen MR) is 123 cm³/mol. The van der Waals surface area contributed by atoms with Crippen LogP contribution >= 0.6 is 0 Å². The second kappa shape index (κ2) is 15.9. The number of aryl methyl sites for hydroxylation is 1. The van der Waals surface area contributed by atoms with Gasteiger partial charge in [-0.2, -0.15) is 0 Å².